The molecule has 0 aliphatic rings. The van der Waals surface area contributed by atoms with Crippen LogP contribution >= 0.6 is 0 Å². The van der Waals surface area contributed by atoms with Gasteiger partial charge in [-0.05, 0) is 13.3 Å². The molecule has 0 aliphatic heterocycles. The third-order valence-electron chi connectivity index (χ3n) is 0.744. The van der Waals surface area contributed by atoms with Gasteiger partial charge in [0.15, 0.2) is 0 Å². The zero-order chi connectivity index (χ0) is 4.99. The van der Waals surface area contributed by atoms with Crippen LogP contribution in [0.3, 0.4) is 0 Å². The van der Waals surface area contributed by atoms with Gasteiger partial charge in [0, 0.05) is 6.04 Å². The SMILES string of the molecule is C.C.CCCC(C)N. The van der Waals surface area contributed by atoms with Gasteiger partial charge in [0.25, 0.3) is 0 Å². The molecule has 0 saturated carbocycles. The van der Waals surface area contributed by atoms with Gasteiger partial charge in [-0.1, -0.05) is 28.2 Å². The lowest BCUT2D eigenvalue weighted by molar-refractivity contribution is 0.653. The monoisotopic (exact) mass is 119 g/mol. The topological polar surface area (TPSA) is 26.0 Å². The molecular weight excluding hydrogens is 98.1 g/mol. The molecule has 0 radical (unpaired) electrons. The van der Waals surface area contributed by atoms with Crippen LogP contribution in [0, 0.1) is 0 Å². The quantitative estimate of drug-likeness (QED) is 0.593. The molecule has 0 fully saturated rings. The van der Waals surface area contributed by atoms with Crippen molar-refractivity contribution in [3.8, 4) is 0 Å². The minimum atomic E-state index is 0. The van der Waals surface area contributed by atoms with Crippen molar-refractivity contribution in [2.24, 2.45) is 5.73 Å². The lowest BCUT2D eigenvalue weighted by Gasteiger charge is -1.96. The molecule has 0 bridgehead atoms. The Morgan fingerprint density at radius 2 is 1.75 bits per heavy atom. The van der Waals surface area contributed by atoms with Crippen LogP contribution in [0.4, 0.5) is 0 Å². The van der Waals surface area contributed by atoms with E-state index in [0.29, 0.717) is 6.04 Å². The molecule has 54 valence electrons. The molecule has 0 aromatic rings. The van der Waals surface area contributed by atoms with E-state index in [9.17, 15) is 0 Å². The molecule has 1 heteroatoms. The highest BCUT2D eigenvalue weighted by Gasteiger charge is 1.85. The van der Waals surface area contributed by atoms with E-state index >= 15 is 0 Å². The van der Waals surface area contributed by atoms with Crippen LogP contribution in [-0.2, 0) is 0 Å². The lowest BCUT2D eigenvalue weighted by atomic mass is 10.2. The number of hydrogen-bond donors (Lipinski definition) is 1. The molecule has 0 spiro atoms. The Morgan fingerprint density at radius 3 is 1.75 bits per heavy atom. The van der Waals surface area contributed by atoms with Gasteiger partial charge >= 0.3 is 0 Å². The van der Waals surface area contributed by atoms with Gasteiger partial charge in [-0.2, -0.15) is 0 Å². The molecule has 0 saturated heterocycles. The van der Waals surface area contributed by atoms with Gasteiger partial charge in [-0.25, -0.2) is 0 Å². The van der Waals surface area contributed by atoms with Crippen molar-refractivity contribution < 1.29 is 0 Å². The predicted octanol–water partition coefficient (Wildman–Crippen LogP) is 2.41. The maximum absolute atomic E-state index is 5.40. The van der Waals surface area contributed by atoms with E-state index in [0.717, 1.165) is 6.42 Å². The first-order chi connectivity index (χ1) is 2.77. The summed E-state index contributed by atoms with van der Waals surface area (Å²) in [7, 11) is 0. The summed E-state index contributed by atoms with van der Waals surface area (Å²) in [4.78, 5) is 0. The molecule has 1 unspecified atom stereocenters. The van der Waals surface area contributed by atoms with Crippen molar-refractivity contribution in [3.63, 3.8) is 0 Å². The first-order valence-electron chi connectivity index (χ1n) is 2.53. The Hall–Kier alpha value is -0.0400. The molecule has 1 atom stereocenters. The minimum absolute atomic E-state index is 0. The second-order valence-electron chi connectivity index (χ2n) is 1.77. The van der Waals surface area contributed by atoms with Gasteiger partial charge in [0.05, 0.1) is 0 Å². The average molecular weight is 119 g/mol. The summed E-state index contributed by atoms with van der Waals surface area (Å²) >= 11 is 0. The Kier molecular flexibility index (Phi) is 19.7. The molecule has 2 N–H and O–H groups in total. The van der Waals surface area contributed by atoms with Gasteiger partial charge in [0.1, 0.15) is 0 Å². The standard InChI is InChI=1S/C5H13N.2CH4/c1-3-4-5(2)6;;/h5H,3-4,6H2,1-2H3;2*1H4. The molecular formula is C7H21N. The molecule has 1 nitrogen and oxygen atoms in total. The van der Waals surface area contributed by atoms with Gasteiger partial charge < -0.3 is 5.73 Å². The molecule has 0 rings (SSSR count). The van der Waals surface area contributed by atoms with E-state index in [1.165, 1.54) is 6.42 Å². The maximum Gasteiger partial charge on any atom is 0.00103 e. The normalized spacial score (nSPS) is 10.9. The van der Waals surface area contributed by atoms with Crippen LogP contribution in [0.25, 0.3) is 0 Å². The van der Waals surface area contributed by atoms with Crippen molar-refractivity contribution in [2.45, 2.75) is 47.6 Å². The second kappa shape index (κ2) is 10.0. The van der Waals surface area contributed by atoms with Crippen molar-refractivity contribution in [3.05, 3.63) is 0 Å². The molecule has 0 heterocycles. The highest BCUT2D eigenvalue weighted by molar-refractivity contribution is 4.47. The van der Waals surface area contributed by atoms with Crippen molar-refractivity contribution in [1.29, 1.82) is 0 Å². The highest BCUT2D eigenvalue weighted by Crippen LogP contribution is 1.88. The first-order valence-corrected chi connectivity index (χ1v) is 2.53. The zero-order valence-electron chi connectivity index (χ0n) is 4.57. The van der Waals surface area contributed by atoms with E-state index in [1.807, 2.05) is 6.92 Å². The van der Waals surface area contributed by atoms with E-state index in [4.69, 9.17) is 5.73 Å². The molecule has 0 aromatic heterocycles. The minimum Gasteiger partial charge on any atom is -0.328 e. The third kappa shape index (κ3) is 16.7. The lowest BCUT2D eigenvalue weighted by Crippen LogP contribution is -2.13. The Bertz CT molecular complexity index is 25.6. The Balaban J connectivity index is -0.000000125. The summed E-state index contributed by atoms with van der Waals surface area (Å²) < 4.78 is 0. The van der Waals surface area contributed by atoms with Crippen LogP contribution in [0.15, 0.2) is 0 Å². The fraction of sp³-hybridized carbons (Fsp3) is 1.00. The van der Waals surface area contributed by atoms with Gasteiger partial charge in [0.2, 0.25) is 0 Å². The molecule has 0 amide bonds. The maximum atomic E-state index is 5.40. The summed E-state index contributed by atoms with van der Waals surface area (Å²) in [6.07, 6.45) is 2.36. The second-order valence-corrected chi connectivity index (χ2v) is 1.77. The fourth-order valence-corrected chi connectivity index (χ4v) is 0.455. The Labute approximate surface area is 54.3 Å². The van der Waals surface area contributed by atoms with Gasteiger partial charge in [-0.3, -0.25) is 0 Å². The number of hydrogen-bond acceptors (Lipinski definition) is 1. The van der Waals surface area contributed by atoms with Crippen molar-refractivity contribution in [1.82, 2.24) is 0 Å². The van der Waals surface area contributed by atoms with Crippen LogP contribution in [0.5, 0.6) is 0 Å². The first kappa shape index (κ1) is 15.7. The van der Waals surface area contributed by atoms with E-state index in [-0.39, 0.29) is 14.9 Å². The van der Waals surface area contributed by atoms with Crippen LogP contribution < -0.4 is 5.73 Å². The van der Waals surface area contributed by atoms with Crippen molar-refractivity contribution >= 4 is 0 Å². The van der Waals surface area contributed by atoms with Crippen LogP contribution in [0.2, 0.25) is 0 Å². The molecule has 8 heavy (non-hydrogen) atoms. The largest absolute Gasteiger partial charge is 0.328 e. The summed E-state index contributed by atoms with van der Waals surface area (Å²) in [5.41, 5.74) is 5.40. The van der Waals surface area contributed by atoms with Crippen LogP contribution in [-0.4, -0.2) is 6.04 Å². The van der Waals surface area contributed by atoms with Crippen molar-refractivity contribution in [2.75, 3.05) is 0 Å². The van der Waals surface area contributed by atoms with E-state index in [1.54, 1.807) is 0 Å². The zero-order valence-corrected chi connectivity index (χ0v) is 4.57. The fourth-order valence-electron chi connectivity index (χ4n) is 0.455. The number of nitrogens with two attached hydrogens (primary N) is 1. The summed E-state index contributed by atoms with van der Waals surface area (Å²) in [5, 5.41) is 0. The molecule has 0 aromatic carbocycles. The summed E-state index contributed by atoms with van der Waals surface area (Å²) in [6.45, 7) is 4.17. The number of rotatable bonds is 2. The average Bonchev–Trinajstić information content (AvgIpc) is 1.35. The highest BCUT2D eigenvalue weighted by atomic mass is 14.6. The summed E-state index contributed by atoms with van der Waals surface area (Å²) in [6, 6.07) is 0.398. The molecule has 0 aliphatic carbocycles. The van der Waals surface area contributed by atoms with Gasteiger partial charge in [-0.15, -0.1) is 0 Å². The Morgan fingerprint density at radius 1 is 1.38 bits per heavy atom. The van der Waals surface area contributed by atoms with E-state index < -0.39 is 0 Å². The summed E-state index contributed by atoms with van der Waals surface area (Å²) in [5.74, 6) is 0. The van der Waals surface area contributed by atoms with E-state index in [2.05, 4.69) is 6.92 Å². The van der Waals surface area contributed by atoms with Crippen LogP contribution in [0.1, 0.15) is 41.5 Å². The third-order valence-corrected chi connectivity index (χ3v) is 0.744. The smallest absolute Gasteiger partial charge is 0.00103 e. The predicted molar refractivity (Wildman–Crippen MR) is 42.0 cm³/mol.